The van der Waals surface area contributed by atoms with Crippen molar-refractivity contribution in [3.05, 3.63) is 76.3 Å². The van der Waals surface area contributed by atoms with Crippen LogP contribution in [0.4, 0.5) is 0 Å². The summed E-state index contributed by atoms with van der Waals surface area (Å²) in [7, 11) is 0. The number of amides is 1. The van der Waals surface area contributed by atoms with Crippen molar-refractivity contribution < 1.29 is 9.53 Å². The number of rotatable bonds is 7. The van der Waals surface area contributed by atoms with Crippen LogP contribution in [0.2, 0.25) is 0 Å². The minimum atomic E-state index is -0.207. The lowest BCUT2D eigenvalue weighted by atomic mass is 10.0. The number of carbonyl (C=O) groups is 1. The number of nitrogens with zero attached hydrogens (tertiary/aromatic N) is 1. The van der Waals surface area contributed by atoms with Gasteiger partial charge in [0.05, 0.1) is 16.9 Å². The maximum absolute atomic E-state index is 12.3. The van der Waals surface area contributed by atoms with Crippen LogP contribution in [0.1, 0.15) is 30.3 Å². The van der Waals surface area contributed by atoms with E-state index in [9.17, 15) is 9.59 Å². The highest BCUT2D eigenvalue weighted by molar-refractivity contribution is 5.78. The fourth-order valence-corrected chi connectivity index (χ4v) is 3.22. The lowest BCUT2D eigenvalue weighted by molar-refractivity contribution is -0.127. The Hall–Kier alpha value is -2.99. The number of hydrogen-bond donors (Lipinski definition) is 2. The summed E-state index contributed by atoms with van der Waals surface area (Å²) in [6.07, 6.45) is 2.26. The molecular formula is C21H21N3O3. The lowest BCUT2D eigenvalue weighted by Gasteiger charge is -2.18. The second kappa shape index (κ2) is 7.72. The Morgan fingerprint density at radius 2 is 1.89 bits per heavy atom. The van der Waals surface area contributed by atoms with Gasteiger partial charge in [0.15, 0.2) is 0 Å². The molecule has 0 saturated heterocycles. The van der Waals surface area contributed by atoms with Gasteiger partial charge >= 0.3 is 0 Å². The highest BCUT2D eigenvalue weighted by Crippen LogP contribution is 2.40. The number of benzene rings is 2. The van der Waals surface area contributed by atoms with Crippen LogP contribution in [-0.4, -0.2) is 22.5 Å². The number of para-hydroxylation sites is 1. The summed E-state index contributed by atoms with van der Waals surface area (Å²) in [5.41, 5.74) is 1.53. The summed E-state index contributed by atoms with van der Waals surface area (Å²) in [6, 6.07) is 17.2. The first-order chi connectivity index (χ1) is 13.2. The number of carbonyl (C=O) groups excluding carboxylic acids is 1. The first-order valence-corrected chi connectivity index (χ1v) is 9.11. The van der Waals surface area contributed by atoms with E-state index in [1.807, 2.05) is 36.4 Å². The third kappa shape index (κ3) is 4.23. The van der Waals surface area contributed by atoms with Gasteiger partial charge in [-0.1, -0.05) is 42.5 Å². The quantitative estimate of drug-likeness (QED) is 0.676. The molecule has 1 saturated carbocycles. The molecule has 4 rings (SSSR count). The lowest BCUT2D eigenvalue weighted by Crippen LogP contribution is -2.33. The Kier molecular flexibility index (Phi) is 4.98. The van der Waals surface area contributed by atoms with Gasteiger partial charge in [-0.05, 0) is 36.5 Å². The number of nitrogens with one attached hydrogen (secondary N) is 2. The Bertz CT molecular complexity index is 996. The molecule has 0 spiro atoms. The summed E-state index contributed by atoms with van der Waals surface area (Å²) in [5, 5.41) is 3.60. The van der Waals surface area contributed by atoms with Gasteiger partial charge in [-0.3, -0.25) is 9.59 Å². The summed E-state index contributed by atoms with van der Waals surface area (Å²) < 4.78 is 5.48. The predicted molar refractivity (Wildman–Crippen MR) is 102 cm³/mol. The zero-order chi connectivity index (χ0) is 18.6. The van der Waals surface area contributed by atoms with Crippen LogP contribution in [-0.2, 0) is 16.1 Å². The average Bonchev–Trinajstić information content (AvgIpc) is 3.52. The molecule has 2 N–H and O–H groups in total. The number of hydrogen-bond acceptors (Lipinski definition) is 4. The van der Waals surface area contributed by atoms with Crippen molar-refractivity contribution in [2.45, 2.75) is 25.5 Å². The smallest absolute Gasteiger partial charge is 0.258 e. The summed E-state index contributed by atoms with van der Waals surface area (Å²) >= 11 is 0. The molecule has 2 aromatic carbocycles. The molecule has 1 atom stereocenters. The Labute approximate surface area is 156 Å². The van der Waals surface area contributed by atoms with E-state index < -0.39 is 0 Å². The van der Waals surface area contributed by atoms with Crippen molar-refractivity contribution >= 4 is 16.8 Å². The van der Waals surface area contributed by atoms with Crippen molar-refractivity contribution in [2.24, 2.45) is 5.92 Å². The van der Waals surface area contributed by atoms with Crippen molar-refractivity contribution in [1.82, 2.24) is 15.3 Å². The molecule has 6 heteroatoms. The summed E-state index contributed by atoms with van der Waals surface area (Å²) in [6.45, 7) is -0.000479. The molecule has 27 heavy (non-hydrogen) atoms. The minimum Gasteiger partial charge on any atom is -0.364 e. The van der Waals surface area contributed by atoms with E-state index in [4.69, 9.17) is 4.74 Å². The number of fused-ring (bicyclic) bond motifs is 1. The van der Waals surface area contributed by atoms with Gasteiger partial charge in [-0.15, -0.1) is 0 Å². The number of aromatic amines is 1. The molecule has 1 heterocycles. The van der Waals surface area contributed by atoms with Crippen LogP contribution in [0.3, 0.4) is 0 Å². The maximum atomic E-state index is 12.3. The van der Waals surface area contributed by atoms with E-state index in [2.05, 4.69) is 15.3 Å². The van der Waals surface area contributed by atoms with Gasteiger partial charge in [-0.2, -0.15) is 0 Å². The van der Waals surface area contributed by atoms with Crippen LogP contribution in [0.25, 0.3) is 10.9 Å². The van der Waals surface area contributed by atoms with Gasteiger partial charge in [0.2, 0.25) is 5.91 Å². The minimum absolute atomic E-state index is 0.0286. The van der Waals surface area contributed by atoms with Crippen LogP contribution >= 0.6 is 0 Å². The molecule has 0 radical (unpaired) electrons. The van der Waals surface area contributed by atoms with E-state index in [0.717, 1.165) is 18.4 Å². The van der Waals surface area contributed by atoms with Crippen molar-refractivity contribution in [3.63, 3.8) is 0 Å². The second-order valence-electron chi connectivity index (χ2n) is 6.82. The number of ether oxygens (including phenoxy) is 1. The SMILES string of the molecule is O=C(COCc1nc2ccccc2c(=O)[nH]1)N[C@@H](c1ccccc1)C1CC1. The van der Waals surface area contributed by atoms with Crippen LogP contribution in [0, 0.1) is 5.92 Å². The average molecular weight is 363 g/mol. The van der Waals surface area contributed by atoms with Crippen LogP contribution in [0.15, 0.2) is 59.4 Å². The van der Waals surface area contributed by atoms with E-state index in [1.54, 1.807) is 18.2 Å². The third-order valence-electron chi connectivity index (χ3n) is 4.70. The van der Waals surface area contributed by atoms with Gasteiger partial charge in [-0.25, -0.2) is 4.98 Å². The van der Waals surface area contributed by atoms with E-state index in [-0.39, 0.29) is 30.7 Å². The highest BCUT2D eigenvalue weighted by Gasteiger charge is 2.33. The highest BCUT2D eigenvalue weighted by atomic mass is 16.5. The standard InChI is InChI=1S/C21H21N3O3/c25-19(24-20(15-10-11-15)14-6-2-1-3-7-14)13-27-12-18-22-17-9-5-4-8-16(17)21(26)23-18/h1-9,15,20H,10-13H2,(H,24,25)(H,22,23,26)/t20-/m0/s1. The van der Waals surface area contributed by atoms with Crippen LogP contribution in [0.5, 0.6) is 0 Å². The predicted octanol–water partition coefficient (Wildman–Crippen LogP) is 2.71. The molecule has 1 fully saturated rings. The monoisotopic (exact) mass is 363 g/mol. The zero-order valence-corrected chi connectivity index (χ0v) is 14.9. The van der Waals surface area contributed by atoms with E-state index >= 15 is 0 Å². The van der Waals surface area contributed by atoms with E-state index in [1.165, 1.54) is 0 Å². The molecule has 1 aliphatic carbocycles. The first kappa shape index (κ1) is 17.4. The van der Waals surface area contributed by atoms with Gasteiger partial charge in [0.1, 0.15) is 19.0 Å². The zero-order valence-electron chi connectivity index (χ0n) is 14.9. The normalized spacial score (nSPS) is 14.8. The topological polar surface area (TPSA) is 84.1 Å². The summed E-state index contributed by atoms with van der Waals surface area (Å²) in [4.78, 5) is 31.4. The van der Waals surface area contributed by atoms with Gasteiger partial charge in [0.25, 0.3) is 5.56 Å². The molecule has 1 aromatic heterocycles. The molecule has 1 aliphatic rings. The van der Waals surface area contributed by atoms with Crippen molar-refractivity contribution in [3.8, 4) is 0 Å². The molecule has 138 valence electrons. The Morgan fingerprint density at radius 1 is 1.15 bits per heavy atom. The first-order valence-electron chi connectivity index (χ1n) is 9.11. The van der Waals surface area contributed by atoms with E-state index in [0.29, 0.717) is 22.6 Å². The molecule has 3 aromatic rings. The molecule has 6 nitrogen and oxygen atoms in total. The largest absolute Gasteiger partial charge is 0.364 e. The summed E-state index contributed by atoms with van der Waals surface area (Å²) in [5.74, 6) is 0.738. The van der Waals surface area contributed by atoms with Crippen LogP contribution < -0.4 is 10.9 Å². The fourth-order valence-electron chi connectivity index (χ4n) is 3.22. The van der Waals surface area contributed by atoms with Crippen molar-refractivity contribution in [2.75, 3.05) is 6.61 Å². The second-order valence-corrected chi connectivity index (χ2v) is 6.82. The molecule has 0 unspecified atom stereocenters. The fraction of sp³-hybridized carbons (Fsp3) is 0.286. The molecule has 0 aliphatic heterocycles. The molecule has 1 amide bonds. The third-order valence-corrected chi connectivity index (χ3v) is 4.70. The Balaban J connectivity index is 1.35. The van der Waals surface area contributed by atoms with Crippen molar-refractivity contribution in [1.29, 1.82) is 0 Å². The maximum Gasteiger partial charge on any atom is 0.258 e. The molecule has 0 bridgehead atoms. The van der Waals surface area contributed by atoms with Gasteiger partial charge in [0, 0.05) is 0 Å². The number of H-pyrrole nitrogens is 1. The molecular weight excluding hydrogens is 342 g/mol. The Morgan fingerprint density at radius 3 is 2.67 bits per heavy atom. The van der Waals surface area contributed by atoms with Gasteiger partial charge < -0.3 is 15.0 Å². The number of aromatic nitrogens is 2.